The van der Waals surface area contributed by atoms with Crippen LogP contribution in [0.25, 0.3) is 0 Å². The van der Waals surface area contributed by atoms with Crippen molar-refractivity contribution in [1.82, 2.24) is 10.2 Å². The Balaban J connectivity index is 1.65. The Morgan fingerprint density at radius 3 is 2.33 bits per heavy atom. The van der Waals surface area contributed by atoms with Crippen molar-refractivity contribution in [2.75, 3.05) is 19.6 Å². The van der Waals surface area contributed by atoms with E-state index < -0.39 is 12.1 Å². The van der Waals surface area contributed by atoms with Crippen LogP contribution in [0.2, 0.25) is 0 Å². The largest absolute Gasteiger partial charge is 0.471 e. The SMILES string of the molecule is C[C@@H]1CCC[C@@H](CC(=O)NCC2CCN(C(=O)C(F)(F)F)CC2)C1. The molecule has 0 aromatic heterocycles. The molecule has 0 spiro atoms. The summed E-state index contributed by atoms with van der Waals surface area (Å²) in [6.45, 7) is 2.94. The summed E-state index contributed by atoms with van der Waals surface area (Å²) < 4.78 is 37.2. The average molecular weight is 348 g/mol. The van der Waals surface area contributed by atoms with Gasteiger partial charge in [-0.15, -0.1) is 0 Å². The van der Waals surface area contributed by atoms with E-state index in [9.17, 15) is 22.8 Å². The summed E-state index contributed by atoms with van der Waals surface area (Å²) >= 11 is 0. The second-order valence-electron chi connectivity index (χ2n) is 7.38. The third kappa shape index (κ3) is 5.67. The normalized spacial score (nSPS) is 26.2. The van der Waals surface area contributed by atoms with Crippen LogP contribution < -0.4 is 5.32 Å². The molecule has 24 heavy (non-hydrogen) atoms. The maximum absolute atomic E-state index is 12.4. The Labute approximate surface area is 141 Å². The van der Waals surface area contributed by atoms with E-state index in [2.05, 4.69) is 12.2 Å². The number of carbonyl (C=O) groups is 2. The monoisotopic (exact) mass is 348 g/mol. The van der Waals surface area contributed by atoms with Crippen LogP contribution in [0.4, 0.5) is 13.2 Å². The van der Waals surface area contributed by atoms with E-state index in [0.29, 0.717) is 37.6 Å². The minimum atomic E-state index is -4.79. The first-order valence-corrected chi connectivity index (χ1v) is 8.88. The number of nitrogens with zero attached hydrogens (tertiary/aromatic N) is 1. The highest BCUT2D eigenvalue weighted by Gasteiger charge is 2.43. The number of hydrogen-bond acceptors (Lipinski definition) is 2. The van der Waals surface area contributed by atoms with Crippen LogP contribution in [0.5, 0.6) is 0 Å². The zero-order chi connectivity index (χ0) is 17.7. The van der Waals surface area contributed by atoms with Gasteiger partial charge < -0.3 is 10.2 Å². The van der Waals surface area contributed by atoms with Crippen molar-refractivity contribution in [3.63, 3.8) is 0 Å². The number of alkyl halides is 3. The Kier molecular flexibility index (Phi) is 6.52. The Morgan fingerprint density at radius 1 is 1.08 bits per heavy atom. The van der Waals surface area contributed by atoms with Crippen LogP contribution in [0, 0.1) is 17.8 Å². The Bertz CT molecular complexity index is 446. The lowest BCUT2D eigenvalue weighted by molar-refractivity contribution is -0.186. The highest BCUT2D eigenvalue weighted by molar-refractivity contribution is 5.81. The molecule has 4 nitrogen and oxygen atoms in total. The van der Waals surface area contributed by atoms with Crippen LogP contribution in [0.3, 0.4) is 0 Å². The molecule has 2 rings (SSSR count). The van der Waals surface area contributed by atoms with Gasteiger partial charge in [-0.25, -0.2) is 0 Å². The highest BCUT2D eigenvalue weighted by atomic mass is 19.4. The lowest BCUT2D eigenvalue weighted by atomic mass is 9.81. The molecule has 1 heterocycles. The maximum atomic E-state index is 12.4. The smallest absolute Gasteiger partial charge is 0.356 e. The van der Waals surface area contributed by atoms with Crippen molar-refractivity contribution in [3.8, 4) is 0 Å². The zero-order valence-corrected chi connectivity index (χ0v) is 14.2. The summed E-state index contributed by atoms with van der Waals surface area (Å²) in [5, 5.41) is 2.92. The molecule has 0 radical (unpaired) electrons. The topological polar surface area (TPSA) is 49.4 Å². The Hall–Kier alpha value is -1.27. The average Bonchev–Trinajstić information content (AvgIpc) is 2.52. The van der Waals surface area contributed by atoms with Crippen molar-refractivity contribution >= 4 is 11.8 Å². The number of halogens is 3. The number of rotatable bonds is 4. The van der Waals surface area contributed by atoms with Gasteiger partial charge in [-0.1, -0.05) is 19.8 Å². The van der Waals surface area contributed by atoms with E-state index in [1.54, 1.807) is 0 Å². The predicted molar refractivity (Wildman–Crippen MR) is 84.1 cm³/mol. The van der Waals surface area contributed by atoms with Gasteiger partial charge in [0.1, 0.15) is 0 Å². The van der Waals surface area contributed by atoms with Gasteiger partial charge in [0.2, 0.25) is 5.91 Å². The number of nitrogens with one attached hydrogen (secondary N) is 1. The number of piperidine rings is 1. The molecule has 1 N–H and O–H groups in total. The molecular weight excluding hydrogens is 321 g/mol. The highest BCUT2D eigenvalue weighted by Crippen LogP contribution is 2.30. The first-order chi connectivity index (χ1) is 11.3. The van der Waals surface area contributed by atoms with E-state index in [1.807, 2.05) is 0 Å². The van der Waals surface area contributed by atoms with Gasteiger partial charge in [0.25, 0.3) is 0 Å². The molecule has 2 amide bonds. The van der Waals surface area contributed by atoms with Crippen LogP contribution >= 0.6 is 0 Å². The predicted octanol–water partition coefficient (Wildman–Crippen LogP) is 3.12. The van der Waals surface area contributed by atoms with E-state index in [-0.39, 0.29) is 24.9 Å². The van der Waals surface area contributed by atoms with E-state index in [1.165, 1.54) is 12.8 Å². The quantitative estimate of drug-likeness (QED) is 0.849. The molecule has 7 heteroatoms. The molecule has 2 aliphatic rings. The summed E-state index contributed by atoms with van der Waals surface area (Å²) in [6.07, 6.45) is 1.40. The number of hydrogen-bond donors (Lipinski definition) is 1. The molecule has 0 aromatic carbocycles. The number of carbonyl (C=O) groups excluding carboxylic acids is 2. The standard InChI is InChI=1S/C17H27F3N2O2/c1-12-3-2-4-14(9-12)10-15(23)21-11-13-5-7-22(8-6-13)16(24)17(18,19)20/h12-14H,2-11H2,1H3,(H,21,23)/t12-,14-/m1/s1. The zero-order valence-electron chi connectivity index (χ0n) is 14.2. The van der Waals surface area contributed by atoms with Crippen molar-refractivity contribution in [2.24, 2.45) is 17.8 Å². The first-order valence-electron chi connectivity index (χ1n) is 8.88. The molecule has 138 valence electrons. The van der Waals surface area contributed by atoms with Crippen molar-refractivity contribution in [2.45, 2.75) is 58.0 Å². The van der Waals surface area contributed by atoms with Gasteiger partial charge in [-0.3, -0.25) is 9.59 Å². The fourth-order valence-electron chi connectivity index (χ4n) is 3.86. The molecule has 2 atom stereocenters. The Morgan fingerprint density at radius 2 is 1.75 bits per heavy atom. The van der Waals surface area contributed by atoms with Gasteiger partial charge in [0, 0.05) is 26.1 Å². The fourth-order valence-corrected chi connectivity index (χ4v) is 3.86. The summed E-state index contributed by atoms with van der Waals surface area (Å²) in [6, 6.07) is 0. The minimum Gasteiger partial charge on any atom is -0.356 e. The van der Waals surface area contributed by atoms with Gasteiger partial charge in [0.15, 0.2) is 0 Å². The van der Waals surface area contributed by atoms with Gasteiger partial charge >= 0.3 is 12.1 Å². The van der Waals surface area contributed by atoms with Crippen LogP contribution in [-0.4, -0.2) is 42.5 Å². The fraction of sp³-hybridized carbons (Fsp3) is 0.882. The minimum absolute atomic E-state index is 0.0443. The summed E-state index contributed by atoms with van der Waals surface area (Å²) in [4.78, 5) is 24.1. The van der Waals surface area contributed by atoms with Crippen LogP contribution in [-0.2, 0) is 9.59 Å². The summed E-state index contributed by atoms with van der Waals surface area (Å²) in [5.74, 6) is -0.414. The van der Waals surface area contributed by atoms with Gasteiger partial charge in [-0.05, 0) is 43.4 Å². The number of amides is 2. The maximum Gasteiger partial charge on any atom is 0.471 e. The molecule has 2 fully saturated rings. The second kappa shape index (κ2) is 8.21. The first kappa shape index (κ1) is 19.1. The third-order valence-corrected chi connectivity index (χ3v) is 5.25. The summed E-state index contributed by atoms with van der Waals surface area (Å²) in [5.41, 5.74) is 0. The van der Waals surface area contributed by atoms with E-state index in [0.717, 1.165) is 17.7 Å². The third-order valence-electron chi connectivity index (χ3n) is 5.25. The van der Waals surface area contributed by atoms with Gasteiger partial charge in [-0.2, -0.15) is 13.2 Å². The molecule has 1 aliphatic heterocycles. The van der Waals surface area contributed by atoms with Crippen LogP contribution in [0.15, 0.2) is 0 Å². The molecule has 0 bridgehead atoms. The molecule has 1 saturated heterocycles. The molecule has 1 aliphatic carbocycles. The van der Waals surface area contributed by atoms with E-state index >= 15 is 0 Å². The molecule has 0 aromatic rings. The molecule has 0 unspecified atom stereocenters. The molecule has 1 saturated carbocycles. The lowest BCUT2D eigenvalue weighted by Crippen LogP contribution is -2.46. The van der Waals surface area contributed by atoms with E-state index in [4.69, 9.17) is 0 Å². The van der Waals surface area contributed by atoms with Crippen molar-refractivity contribution in [1.29, 1.82) is 0 Å². The van der Waals surface area contributed by atoms with Gasteiger partial charge in [0.05, 0.1) is 0 Å². The van der Waals surface area contributed by atoms with Crippen LogP contribution in [0.1, 0.15) is 51.9 Å². The molecular formula is C17H27F3N2O2. The number of likely N-dealkylation sites (tertiary alicyclic amines) is 1. The lowest BCUT2D eigenvalue weighted by Gasteiger charge is -2.32. The van der Waals surface area contributed by atoms with Crippen molar-refractivity contribution < 1.29 is 22.8 Å². The second-order valence-corrected chi connectivity index (χ2v) is 7.38. The summed E-state index contributed by atoms with van der Waals surface area (Å²) in [7, 11) is 0. The van der Waals surface area contributed by atoms with Crippen molar-refractivity contribution in [3.05, 3.63) is 0 Å².